The number of amides is 1. The normalized spacial score (nSPS) is 15.9. The van der Waals surface area contributed by atoms with Gasteiger partial charge in [-0.25, -0.2) is 0 Å². The highest BCUT2D eigenvalue weighted by Gasteiger charge is 2.37. The molecule has 1 saturated heterocycles. The van der Waals surface area contributed by atoms with Gasteiger partial charge in [0.15, 0.2) is 16.6 Å². The molecule has 9 nitrogen and oxygen atoms in total. The molecule has 1 aromatic heterocycles. The van der Waals surface area contributed by atoms with E-state index in [1.165, 1.54) is 16.9 Å². The molecule has 0 unspecified atom stereocenters. The van der Waals surface area contributed by atoms with Gasteiger partial charge in [0.2, 0.25) is 6.79 Å². The number of rotatable bonds is 7. The first-order valence-electron chi connectivity index (χ1n) is 11.0. The van der Waals surface area contributed by atoms with Crippen molar-refractivity contribution in [3.8, 4) is 17.2 Å². The van der Waals surface area contributed by atoms with Crippen LogP contribution in [0.2, 0.25) is 0 Å². The Morgan fingerprint density at radius 1 is 1.19 bits per heavy atom. The first-order valence-corrected chi connectivity index (χ1v) is 12.2. The lowest BCUT2D eigenvalue weighted by molar-refractivity contribution is -0.140. The second kappa shape index (κ2) is 9.82. The number of carbonyl (C=O) groups is 2. The molecule has 36 heavy (non-hydrogen) atoms. The van der Waals surface area contributed by atoms with Crippen molar-refractivity contribution >= 4 is 62.1 Å². The highest BCUT2D eigenvalue weighted by atomic mass is 79.9. The number of nitrogens with zero attached hydrogens (tertiary/aromatic N) is 3. The Labute approximate surface area is 220 Å². The summed E-state index contributed by atoms with van der Waals surface area (Å²) in [6.45, 7) is 1.04. The molecule has 11 heteroatoms. The number of benzene rings is 2. The molecule has 186 valence electrons. The number of aromatic nitrogens is 1. The van der Waals surface area contributed by atoms with Gasteiger partial charge in [-0.15, -0.1) is 0 Å². The van der Waals surface area contributed by atoms with Gasteiger partial charge >= 0.3 is 5.97 Å². The van der Waals surface area contributed by atoms with Crippen molar-refractivity contribution in [2.45, 2.75) is 6.54 Å². The number of thiocarbonyl (C=S) groups is 1. The molecular weight excluding hydrogens is 550 g/mol. The predicted octanol–water partition coefficient (Wildman–Crippen LogP) is 3.78. The van der Waals surface area contributed by atoms with Gasteiger partial charge < -0.3 is 28.4 Å². The fourth-order valence-corrected chi connectivity index (χ4v) is 4.72. The second-order valence-electron chi connectivity index (χ2n) is 8.14. The molecule has 5 rings (SSSR count). The van der Waals surface area contributed by atoms with E-state index in [2.05, 4.69) is 20.5 Å². The van der Waals surface area contributed by atoms with Gasteiger partial charge in [-0.2, -0.15) is 0 Å². The van der Waals surface area contributed by atoms with E-state index in [1.54, 1.807) is 13.1 Å². The minimum atomic E-state index is -0.489. The van der Waals surface area contributed by atoms with E-state index in [0.717, 1.165) is 20.9 Å². The van der Waals surface area contributed by atoms with E-state index >= 15 is 0 Å². The fourth-order valence-electron chi connectivity index (χ4n) is 4.12. The monoisotopic (exact) mass is 571 g/mol. The number of methoxy groups -OCH3 is 1. The van der Waals surface area contributed by atoms with Crippen molar-refractivity contribution in [1.82, 2.24) is 14.4 Å². The van der Waals surface area contributed by atoms with Crippen LogP contribution in [0.15, 0.2) is 52.8 Å². The van der Waals surface area contributed by atoms with Crippen LogP contribution in [0.5, 0.6) is 17.2 Å². The molecule has 0 bridgehead atoms. The van der Waals surface area contributed by atoms with Gasteiger partial charge in [-0.3, -0.25) is 14.5 Å². The van der Waals surface area contributed by atoms with E-state index in [0.29, 0.717) is 36.1 Å². The summed E-state index contributed by atoms with van der Waals surface area (Å²) in [5.74, 6) is 1.28. The summed E-state index contributed by atoms with van der Waals surface area (Å²) in [6.07, 6.45) is 3.71. The summed E-state index contributed by atoms with van der Waals surface area (Å²) in [6, 6.07) is 11.4. The number of hydrogen-bond acceptors (Lipinski definition) is 7. The summed E-state index contributed by atoms with van der Waals surface area (Å²) in [5, 5.41) is 1.19. The number of hydrogen-bond donors (Lipinski definition) is 0. The molecule has 2 aliphatic rings. The summed E-state index contributed by atoms with van der Waals surface area (Å²) in [5.41, 5.74) is 2.09. The average molecular weight is 572 g/mol. The molecule has 0 atom stereocenters. The Morgan fingerprint density at radius 3 is 2.81 bits per heavy atom. The number of halogens is 1. The molecule has 3 aromatic rings. The average Bonchev–Trinajstić information content (AvgIpc) is 3.53. The van der Waals surface area contributed by atoms with Crippen LogP contribution in [0.4, 0.5) is 0 Å². The molecule has 0 N–H and O–H groups in total. The predicted molar refractivity (Wildman–Crippen MR) is 140 cm³/mol. The molecule has 0 radical (unpaired) electrons. The van der Waals surface area contributed by atoms with Crippen LogP contribution in [-0.2, 0) is 20.9 Å². The first-order chi connectivity index (χ1) is 17.4. The van der Waals surface area contributed by atoms with Gasteiger partial charge in [-0.1, -0.05) is 15.9 Å². The minimum Gasteiger partial charge on any atom is -0.492 e. The third-order valence-electron chi connectivity index (χ3n) is 5.96. The van der Waals surface area contributed by atoms with Crippen molar-refractivity contribution in [3.05, 3.63) is 58.3 Å². The van der Waals surface area contributed by atoms with E-state index in [1.807, 2.05) is 42.6 Å². The van der Waals surface area contributed by atoms with Crippen molar-refractivity contribution in [1.29, 1.82) is 0 Å². The van der Waals surface area contributed by atoms with Crippen molar-refractivity contribution in [3.63, 3.8) is 0 Å². The van der Waals surface area contributed by atoms with Crippen LogP contribution < -0.4 is 14.2 Å². The van der Waals surface area contributed by atoms with Gasteiger partial charge in [0.05, 0.1) is 13.7 Å². The second-order valence-corrected chi connectivity index (χ2v) is 9.42. The zero-order chi connectivity index (χ0) is 25.4. The summed E-state index contributed by atoms with van der Waals surface area (Å²) in [7, 11) is 2.89. The molecule has 1 amide bonds. The maximum atomic E-state index is 12.9. The van der Waals surface area contributed by atoms with Crippen molar-refractivity contribution < 1.29 is 28.5 Å². The number of esters is 1. The standard InChI is InChI=1S/C25H22BrN3O6S/c1-27-24(31)20(29(25(27)36)13-23(30)32-2)9-15-12-28(19-5-3-16(26)10-18(15)19)7-8-33-17-4-6-21-22(11-17)35-14-34-21/h3-6,9-12H,7-8,13-14H2,1-2H3/b20-9-. The topological polar surface area (TPSA) is 82.5 Å². The van der Waals surface area contributed by atoms with E-state index in [9.17, 15) is 9.59 Å². The minimum absolute atomic E-state index is 0.150. The van der Waals surface area contributed by atoms with Gasteiger partial charge in [0, 0.05) is 40.2 Å². The van der Waals surface area contributed by atoms with E-state index in [-0.39, 0.29) is 24.4 Å². The molecule has 0 aliphatic carbocycles. The number of fused-ring (bicyclic) bond motifs is 2. The molecule has 2 aromatic carbocycles. The Hall–Kier alpha value is -3.57. The van der Waals surface area contributed by atoms with Crippen molar-refractivity contribution in [2.75, 3.05) is 34.1 Å². The maximum absolute atomic E-state index is 12.9. The highest BCUT2D eigenvalue weighted by Crippen LogP contribution is 2.35. The van der Waals surface area contributed by atoms with Crippen LogP contribution in [0.3, 0.4) is 0 Å². The van der Waals surface area contributed by atoms with Gasteiger partial charge in [0.25, 0.3) is 5.91 Å². The van der Waals surface area contributed by atoms with Crippen LogP contribution in [-0.4, -0.2) is 65.5 Å². The molecule has 0 spiro atoms. The maximum Gasteiger partial charge on any atom is 0.325 e. The number of likely N-dealkylation sites (N-methyl/N-ethyl adjacent to an activating group) is 1. The highest BCUT2D eigenvalue weighted by molar-refractivity contribution is 9.10. The Bertz CT molecular complexity index is 1420. The SMILES string of the molecule is COC(=O)CN1C(=S)N(C)C(=O)/C1=C/c1cn(CCOc2ccc3c(c2)OCO3)c2ccc(Br)cc12. The zero-order valence-electron chi connectivity index (χ0n) is 19.5. The number of carbonyl (C=O) groups excluding carboxylic acids is 2. The van der Waals surface area contributed by atoms with Gasteiger partial charge in [0.1, 0.15) is 24.6 Å². The quantitative estimate of drug-likeness (QED) is 0.241. The Morgan fingerprint density at radius 2 is 2.00 bits per heavy atom. The van der Waals surface area contributed by atoms with Crippen LogP contribution in [0, 0.1) is 0 Å². The molecule has 2 aliphatic heterocycles. The summed E-state index contributed by atoms with van der Waals surface area (Å²) in [4.78, 5) is 27.7. The lowest BCUT2D eigenvalue weighted by atomic mass is 10.1. The molecule has 1 fully saturated rings. The Balaban J connectivity index is 1.43. The lowest BCUT2D eigenvalue weighted by Crippen LogP contribution is -2.33. The van der Waals surface area contributed by atoms with Gasteiger partial charge in [-0.05, 0) is 48.6 Å². The van der Waals surface area contributed by atoms with E-state index < -0.39 is 5.97 Å². The summed E-state index contributed by atoms with van der Waals surface area (Å²) < 4.78 is 24.5. The third-order valence-corrected chi connectivity index (χ3v) is 6.95. The van der Waals surface area contributed by atoms with Crippen LogP contribution in [0.1, 0.15) is 5.56 Å². The van der Waals surface area contributed by atoms with Crippen molar-refractivity contribution in [2.24, 2.45) is 0 Å². The molecule has 0 saturated carbocycles. The lowest BCUT2D eigenvalue weighted by Gasteiger charge is -2.16. The summed E-state index contributed by atoms with van der Waals surface area (Å²) >= 11 is 8.93. The fraction of sp³-hybridized carbons (Fsp3) is 0.240. The Kier molecular flexibility index (Phi) is 6.59. The van der Waals surface area contributed by atoms with Crippen LogP contribution >= 0.6 is 28.1 Å². The smallest absolute Gasteiger partial charge is 0.325 e. The largest absolute Gasteiger partial charge is 0.492 e. The molecule has 3 heterocycles. The van der Waals surface area contributed by atoms with Crippen LogP contribution in [0.25, 0.3) is 17.0 Å². The zero-order valence-corrected chi connectivity index (χ0v) is 21.9. The third kappa shape index (κ3) is 4.51. The van der Waals surface area contributed by atoms with E-state index in [4.69, 9.17) is 31.2 Å². The first kappa shape index (κ1) is 24.1. The molecular formula is C25H22BrN3O6S. The number of ether oxygens (including phenoxy) is 4.